The summed E-state index contributed by atoms with van der Waals surface area (Å²) in [7, 11) is 1.70. The Morgan fingerprint density at radius 1 is 1.35 bits per heavy atom. The molecule has 3 rings (SSSR count). The average molecular weight is 420 g/mol. The van der Waals surface area contributed by atoms with Crippen molar-refractivity contribution in [1.29, 1.82) is 0 Å². The van der Waals surface area contributed by atoms with Gasteiger partial charge in [0.25, 0.3) is 5.91 Å². The van der Waals surface area contributed by atoms with Crippen LogP contribution in [0.2, 0.25) is 0 Å². The van der Waals surface area contributed by atoms with Gasteiger partial charge < -0.3 is 10.1 Å². The number of methoxy groups -OCH3 is 1. The maximum Gasteiger partial charge on any atom is 0.272 e. The lowest BCUT2D eigenvalue weighted by atomic mass is 9.78. The number of H-pyrrole nitrogens is 1. The molecule has 1 amide bonds. The molecule has 6 heteroatoms. The van der Waals surface area contributed by atoms with Crippen molar-refractivity contribution in [1.82, 2.24) is 15.5 Å². The van der Waals surface area contributed by atoms with E-state index in [1.54, 1.807) is 7.11 Å². The Bertz CT molecular complexity index is 779. The highest BCUT2D eigenvalue weighted by Crippen LogP contribution is 2.44. The van der Waals surface area contributed by atoms with Crippen LogP contribution in [0.15, 0.2) is 28.7 Å². The molecule has 1 aromatic heterocycles. The smallest absolute Gasteiger partial charge is 0.272 e. The predicted octanol–water partition coefficient (Wildman–Crippen LogP) is 4.55. The van der Waals surface area contributed by atoms with Gasteiger partial charge in [-0.2, -0.15) is 5.10 Å². The number of aromatic amines is 1. The van der Waals surface area contributed by atoms with Crippen LogP contribution in [0, 0.1) is 0 Å². The third-order valence-corrected chi connectivity index (χ3v) is 6.15. The topological polar surface area (TPSA) is 67.0 Å². The van der Waals surface area contributed by atoms with Crippen molar-refractivity contribution in [2.75, 3.05) is 13.7 Å². The van der Waals surface area contributed by atoms with Crippen molar-refractivity contribution in [3.05, 3.63) is 45.7 Å². The van der Waals surface area contributed by atoms with Gasteiger partial charge in [-0.05, 0) is 40.8 Å². The fourth-order valence-electron chi connectivity index (χ4n) is 3.88. The largest absolute Gasteiger partial charge is 0.496 e. The Hall–Kier alpha value is -1.82. The summed E-state index contributed by atoms with van der Waals surface area (Å²) in [5.41, 5.74) is 2.47. The van der Waals surface area contributed by atoms with Crippen LogP contribution in [0.3, 0.4) is 0 Å². The number of halogens is 1. The molecule has 2 N–H and O–H groups in total. The zero-order valence-electron chi connectivity index (χ0n) is 15.6. The van der Waals surface area contributed by atoms with Gasteiger partial charge in [-0.25, -0.2) is 0 Å². The van der Waals surface area contributed by atoms with Crippen LogP contribution in [-0.4, -0.2) is 29.8 Å². The van der Waals surface area contributed by atoms with E-state index in [0.717, 1.165) is 41.6 Å². The maximum absolute atomic E-state index is 12.7. The van der Waals surface area contributed by atoms with Gasteiger partial charge in [-0.3, -0.25) is 9.89 Å². The molecule has 1 saturated carbocycles. The van der Waals surface area contributed by atoms with Gasteiger partial charge in [0, 0.05) is 17.5 Å². The molecule has 0 radical (unpaired) electrons. The number of carbonyl (C=O) groups is 1. The Kier molecular flexibility index (Phi) is 5.70. The Morgan fingerprint density at radius 3 is 2.65 bits per heavy atom. The molecule has 1 heterocycles. The first-order valence-corrected chi connectivity index (χ1v) is 9.93. The zero-order chi connectivity index (χ0) is 18.7. The van der Waals surface area contributed by atoms with Crippen molar-refractivity contribution in [3.8, 4) is 5.75 Å². The Balaban J connectivity index is 1.81. The van der Waals surface area contributed by atoms with Crippen molar-refractivity contribution >= 4 is 21.8 Å². The van der Waals surface area contributed by atoms with Crippen LogP contribution >= 0.6 is 15.9 Å². The summed E-state index contributed by atoms with van der Waals surface area (Å²) in [5, 5.41) is 10.3. The molecule has 0 spiro atoms. The van der Waals surface area contributed by atoms with Gasteiger partial charge in [0.1, 0.15) is 5.75 Å². The molecule has 0 saturated heterocycles. The van der Waals surface area contributed by atoms with Gasteiger partial charge in [-0.1, -0.05) is 44.9 Å². The Labute approximate surface area is 163 Å². The van der Waals surface area contributed by atoms with Crippen LogP contribution in [0.1, 0.15) is 67.2 Å². The molecule has 1 fully saturated rings. The predicted molar refractivity (Wildman–Crippen MR) is 106 cm³/mol. The number of amides is 1. The van der Waals surface area contributed by atoms with Crippen LogP contribution in [-0.2, 0) is 5.41 Å². The number of para-hydroxylation sites is 1. The minimum absolute atomic E-state index is 0.0775. The van der Waals surface area contributed by atoms with Gasteiger partial charge in [0.05, 0.1) is 17.3 Å². The monoisotopic (exact) mass is 419 g/mol. The number of hydrogen-bond donors (Lipinski definition) is 2. The molecule has 0 atom stereocenters. The molecular formula is C20H26BrN3O2. The summed E-state index contributed by atoms with van der Waals surface area (Å²) in [4.78, 5) is 12.7. The second-order valence-electron chi connectivity index (χ2n) is 7.32. The summed E-state index contributed by atoms with van der Waals surface area (Å²) in [6.45, 7) is 4.72. The number of carbonyl (C=O) groups excluding carboxylic acids is 1. The van der Waals surface area contributed by atoms with E-state index in [9.17, 15) is 4.79 Å². The van der Waals surface area contributed by atoms with E-state index < -0.39 is 0 Å². The van der Waals surface area contributed by atoms with E-state index in [4.69, 9.17) is 4.74 Å². The highest BCUT2D eigenvalue weighted by atomic mass is 79.9. The summed E-state index contributed by atoms with van der Waals surface area (Å²) in [5.74, 6) is 1.01. The minimum atomic E-state index is -0.152. The fraction of sp³-hybridized carbons (Fsp3) is 0.500. The van der Waals surface area contributed by atoms with Crippen LogP contribution in [0.4, 0.5) is 0 Å². The fourth-order valence-corrected chi connectivity index (χ4v) is 4.70. The third-order valence-electron chi connectivity index (χ3n) is 5.35. The molecule has 1 aromatic carbocycles. The molecule has 1 aliphatic rings. The summed E-state index contributed by atoms with van der Waals surface area (Å²) in [6, 6.07) is 8.14. The Morgan fingerprint density at radius 2 is 2.04 bits per heavy atom. The molecule has 0 unspecified atom stereocenters. The van der Waals surface area contributed by atoms with Crippen LogP contribution in [0.5, 0.6) is 5.75 Å². The molecule has 2 aromatic rings. The lowest BCUT2D eigenvalue weighted by Crippen LogP contribution is -2.39. The molecule has 1 aliphatic carbocycles. The number of hydrogen-bond acceptors (Lipinski definition) is 3. The number of rotatable bonds is 6. The highest BCUT2D eigenvalue weighted by molar-refractivity contribution is 9.10. The second kappa shape index (κ2) is 7.82. The van der Waals surface area contributed by atoms with E-state index in [0.29, 0.717) is 12.2 Å². The minimum Gasteiger partial charge on any atom is -0.496 e. The van der Waals surface area contributed by atoms with Crippen LogP contribution in [0.25, 0.3) is 0 Å². The first-order chi connectivity index (χ1) is 12.5. The molecule has 5 nitrogen and oxygen atoms in total. The maximum atomic E-state index is 12.7. The number of ether oxygens (including phenoxy) is 1. The van der Waals surface area contributed by atoms with Crippen molar-refractivity contribution in [2.24, 2.45) is 0 Å². The molecular weight excluding hydrogens is 394 g/mol. The summed E-state index contributed by atoms with van der Waals surface area (Å²) >= 11 is 3.51. The standard InChI is InChI=1S/C20H26BrN3O2/c1-13(2)17-16(21)18(24-23-17)19(25)22-12-20(10-6-7-11-20)14-8-4-5-9-15(14)26-3/h4-5,8-9,13H,6-7,10-12H2,1-3H3,(H,22,25)(H,23,24). The lowest BCUT2D eigenvalue weighted by molar-refractivity contribution is 0.0937. The zero-order valence-corrected chi connectivity index (χ0v) is 17.1. The molecule has 0 bridgehead atoms. The van der Waals surface area contributed by atoms with E-state index in [2.05, 4.69) is 51.4 Å². The number of aromatic nitrogens is 2. The van der Waals surface area contributed by atoms with Gasteiger partial charge in [0.15, 0.2) is 5.69 Å². The van der Waals surface area contributed by atoms with Gasteiger partial charge >= 0.3 is 0 Å². The molecule has 0 aliphatic heterocycles. The van der Waals surface area contributed by atoms with E-state index in [-0.39, 0.29) is 17.2 Å². The summed E-state index contributed by atoms with van der Waals surface area (Å²) < 4.78 is 6.34. The first-order valence-electron chi connectivity index (χ1n) is 9.14. The van der Waals surface area contributed by atoms with E-state index in [1.807, 2.05) is 18.2 Å². The second-order valence-corrected chi connectivity index (χ2v) is 8.12. The summed E-state index contributed by atoms with van der Waals surface area (Å²) in [6.07, 6.45) is 4.42. The SMILES string of the molecule is COc1ccccc1C1(CNC(=O)c2n[nH]c(C(C)C)c2Br)CCCC1. The van der Waals surface area contributed by atoms with Crippen molar-refractivity contribution in [3.63, 3.8) is 0 Å². The number of benzene rings is 1. The van der Waals surface area contributed by atoms with Crippen LogP contribution < -0.4 is 10.1 Å². The van der Waals surface area contributed by atoms with Gasteiger partial charge in [-0.15, -0.1) is 0 Å². The molecule has 26 heavy (non-hydrogen) atoms. The first kappa shape index (κ1) is 19.0. The quantitative estimate of drug-likeness (QED) is 0.721. The number of nitrogens with one attached hydrogen (secondary N) is 2. The van der Waals surface area contributed by atoms with E-state index in [1.165, 1.54) is 5.56 Å². The van der Waals surface area contributed by atoms with Crippen molar-refractivity contribution < 1.29 is 9.53 Å². The molecule has 140 valence electrons. The normalized spacial score (nSPS) is 16.0. The number of nitrogens with zero attached hydrogens (tertiary/aromatic N) is 1. The lowest BCUT2D eigenvalue weighted by Gasteiger charge is -2.31. The van der Waals surface area contributed by atoms with Gasteiger partial charge in [0.2, 0.25) is 0 Å². The third kappa shape index (κ3) is 3.52. The average Bonchev–Trinajstić information content (AvgIpc) is 3.27. The van der Waals surface area contributed by atoms with E-state index >= 15 is 0 Å². The highest BCUT2D eigenvalue weighted by Gasteiger charge is 2.38. The van der Waals surface area contributed by atoms with Crippen molar-refractivity contribution in [2.45, 2.75) is 50.9 Å².